The first kappa shape index (κ1) is 12.6. The van der Waals surface area contributed by atoms with Crippen LogP contribution in [0.3, 0.4) is 0 Å². The summed E-state index contributed by atoms with van der Waals surface area (Å²) in [5.74, 6) is -0.221. The van der Waals surface area contributed by atoms with Crippen molar-refractivity contribution in [3.63, 3.8) is 0 Å². The molecule has 1 saturated heterocycles. The highest BCUT2D eigenvalue weighted by Gasteiger charge is 2.28. The van der Waals surface area contributed by atoms with Crippen molar-refractivity contribution in [1.82, 2.24) is 4.90 Å². The van der Waals surface area contributed by atoms with Crippen molar-refractivity contribution in [2.24, 2.45) is 0 Å². The molecular weight excluding hydrogens is 232 g/mol. The van der Waals surface area contributed by atoms with Gasteiger partial charge in [-0.1, -0.05) is 12.1 Å². The maximum Gasteiger partial charge on any atom is 0.231 e. The molecule has 1 aromatic carbocycles. The summed E-state index contributed by atoms with van der Waals surface area (Å²) in [6, 6.07) is 7.70. The first-order valence-electron chi connectivity index (χ1n) is 5.85. The molecule has 96 valence electrons. The Bertz CT molecular complexity index is 443. The number of methoxy groups -OCH3 is 1. The fraction of sp³-hybridized carbons (Fsp3) is 0.385. The van der Waals surface area contributed by atoms with E-state index in [2.05, 4.69) is 5.32 Å². The molecule has 1 N–H and O–H groups in total. The Balaban J connectivity index is 1.95. The van der Waals surface area contributed by atoms with Gasteiger partial charge in [0.15, 0.2) is 0 Å². The number of carbonyl (C=O) groups is 2. The number of nitrogens with one attached hydrogen (secondary N) is 1. The van der Waals surface area contributed by atoms with Gasteiger partial charge in [0.05, 0.1) is 13.3 Å². The fourth-order valence-electron chi connectivity index (χ4n) is 1.91. The number of amides is 2. The van der Waals surface area contributed by atoms with Gasteiger partial charge in [-0.25, -0.2) is 0 Å². The van der Waals surface area contributed by atoms with Gasteiger partial charge >= 0.3 is 0 Å². The summed E-state index contributed by atoms with van der Waals surface area (Å²) < 4.78 is 5.05. The van der Waals surface area contributed by atoms with Gasteiger partial charge in [-0.3, -0.25) is 14.5 Å². The molecule has 0 bridgehead atoms. The molecule has 1 aromatic rings. The number of likely N-dealkylation sites (tertiary alicyclic amines) is 1. The minimum absolute atomic E-state index is 0.111. The lowest BCUT2D eigenvalue weighted by Crippen LogP contribution is -2.33. The summed E-state index contributed by atoms with van der Waals surface area (Å²) in [7, 11) is 1.64. The quantitative estimate of drug-likeness (QED) is 0.799. The highest BCUT2D eigenvalue weighted by atomic mass is 16.5. The van der Waals surface area contributed by atoms with E-state index in [1.54, 1.807) is 7.11 Å². The van der Waals surface area contributed by atoms with Gasteiger partial charge in [0.2, 0.25) is 11.8 Å². The van der Waals surface area contributed by atoms with Crippen molar-refractivity contribution >= 4 is 17.5 Å². The van der Waals surface area contributed by atoms with Crippen LogP contribution in [-0.4, -0.2) is 30.5 Å². The SMILES string of the molecule is COCc1cccc(NCN2C(=O)CCC2=O)c1. The molecule has 2 rings (SSSR count). The molecule has 0 spiro atoms. The van der Waals surface area contributed by atoms with Crippen LogP contribution in [0.4, 0.5) is 5.69 Å². The zero-order valence-electron chi connectivity index (χ0n) is 10.3. The third-order valence-corrected chi connectivity index (χ3v) is 2.83. The van der Waals surface area contributed by atoms with Gasteiger partial charge in [0.25, 0.3) is 0 Å². The van der Waals surface area contributed by atoms with E-state index in [1.807, 2.05) is 24.3 Å². The van der Waals surface area contributed by atoms with Crippen molar-refractivity contribution in [3.8, 4) is 0 Å². The lowest BCUT2D eigenvalue weighted by Gasteiger charge is -2.15. The molecule has 1 heterocycles. The first-order chi connectivity index (χ1) is 8.70. The van der Waals surface area contributed by atoms with E-state index < -0.39 is 0 Å². The van der Waals surface area contributed by atoms with Gasteiger partial charge in [-0.05, 0) is 17.7 Å². The Kier molecular flexibility index (Phi) is 3.94. The summed E-state index contributed by atoms with van der Waals surface area (Å²) in [6.07, 6.45) is 0.647. The Hall–Kier alpha value is -1.88. The smallest absolute Gasteiger partial charge is 0.231 e. The van der Waals surface area contributed by atoms with Crippen molar-refractivity contribution < 1.29 is 14.3 Å². The molecule has 2 amide bonds. The number of hydrogen-bond donors (Lipinski definition) is 1. The van der Waals surface area contributed by atoms with Crippen LogP contribution in [0, 0.1) is 0 Å². The van der Waals surface area contributed by atoms with Crippen LogP contribution >= 0.6 is 0 Å². The van der Waals surface area contributed by atoms with Gasteiger partial charge in [0.1, 0.15) is 0 Å². The number of rotatable bonds is 5. The van der Waals surface area contributed by atoms with Crippen LogP contribution in [0.2, 0.25) is 0 Å². The molecule has 1 fully saturated rings. The van der Waals surface area contributed by atoms with Crippen LogP contribution < -0.4 is 5.32 Å². The minimum Gasteiger partial charge on any atom is -0.380 e. The Morgan fingerprint density at radius 3 is 2.67 bits per heavy atom. The number of carbonyl (C=O) groups excluding carboxylic acids is 2. The zero-order valence-corrected chi connectivity index (χ0v) is 10.3. The Labute approximate surface area is 106 Å². The van der Waals surface area contributed by atoms with Crippen LogP contribution in [0.15, 0.2) is 24.3 Å². The zero-order chi connectivity index (χ0) is 13.0. The molecule has 18 heavy (non-hydrogen) atoms. The van der Waals surface area contributed by atoms with Gasteiger partial charge in [-0.2, -0.15) is 0 Å². The normalized spacial score (nSPS) is 15.3. The van der Waals surface area contributed by atoms with Gasteiger partial charge < -0.3 is 10.1 Å². The lowest BCUT2D eigenvalue weighted by molar-refractivity contribution is -0.137. The van der Waals surface area contributed by atoms with E-state index in [4.69, 9.17) is 4.74 Å². The molecule has 0 aliphatic carbocycles. The van der Waals surface area contributed by atoms with Crippen molar-refractivity contribution in [3.05, 3.63) is 29.8 Å². The van der Waals surface area contributed by atoms with Crippen molar-refractivity contribution in [2.45, 2.75) is 19.4 Å². The van der Waals surface area contributed by atoms with Crippen LogP contribution in [0.5, 0.6) is 0 Å². The second kappa shape index (κ2) is 5.64. The van der Waals surface area contributed by atoms with E-state index in [-0.39, 0.29) is 18.5 Å². The van der Waals surface area contributed by atoms with E-state index in [1.165, 1.54) is 4.90 Å². The predicted molar refractivity (Wildman–Crippen MR) is 66.7 cm³/mol. The molecule has 0 unspecified atom stereocenters. The Morgan fingerprint density at radius 1 is 1.28 bits per heavy atom. The molecule has 0 aromatic heterocycles. The lowest BCUT2D eigenvalue weighted by atomic mass is 10.2. The average Bonchev–Trinajstić information content (AvgIpc) is 2.68. The number of nitrogens with zero attached hydrogens (tertiary/aromatic N) is 1. The summed E-state index contributed by atoms with van der Waals surface area (Å²) in [5, 5.41) is 3.07. The third-order valence-electron chi connectivity index (χ3n) is 2.83. The fourth-order valence-corrected chi connectivity index (χ4v) is 1.91. The number of benzene rings is 1. The number of ether oxygens (including phenoxy) is 1. The largest absolute Gasteiger partial charge is 0.380 e. The van der Waals surface area contributed by atoms with Gasteiger partial charge in [-0.15, -0.1) is 0 Å². The maximum atomic E-state index is 11.4. The van der Waals surface area contributed by atoms with E-state index in [0.717, 1.165) is 11.3 Å². The monoisotopic (exact) mass is 248 g/mol. The number of hydrogen-bond acceptors (Lipinski definition) is 4. The molecule has 0 saturated carbocycles. The standard InChI is InChI=1S/C13H16N2O3/c1-18-8-10-3-2-4-11(7-10)14-9-15-12(16)5-6-13(15)17/h2-4,7,14H,5-6,8-9H2,1H3. The predicted octanol–water partition coefficient (Wildman–Crippen LogP) is 1.35. The second-order valence-electron chi connectivity index (χ2n) is 4.18. The number of anilines is 1. The van der Waals surface area contributed by atoms with Crippen LogP contribution in [0.25, 0.3) is 0 Å². The summed E-state index contributed by atoms with van der Waals surface area (Å²) in [6.45, 7) is 0.769. The molecular formula is C13H16N2O3. The molecule has 0 radical (unpaired) electrons. The van der Waals surface area contributed by atoms with Crippen molar-refractivity contribution in [2.75, 3.05) is 19.1 Å². The molecule has 5 heteroatoms. The van der Waals surface area contributed by atoms with Crippen LogP contribution in [-0.2, 0) is 20.9 Å². The second-order valence-corrected chi connectivity index (χ2v) is 4.18. The van der Waals surface area contributed by atoms with Crippen LogP contribution in [0.1, 0.15) is 18.4 Å². The highest BCUT2D eigenvalue weighted by Crippen LogP contribution is 2.14. The minimum atomic E-state index is -0.111. The molecule has 1 aliphatic heterocycles. The molecule has 0 atom stereocenters. The molecule has 5 nitrogen and oxygen atoms in total. The van der Waals surface area contributed by atoms with Crippen molar-refractivity contribution in [1.29, 1.82) is 0 Å². The van der Waals surface area contributed by atoms with Gasteiger partial charge in [0, 0.05) is 25.6 Å². The van der Waals surface area contributed by atoms with E-state index in [9.17, 15) is 9.59 Å². The number of imide groups is 1. The first-order valence-corrected chi connectivity index (χ1v) is 5.85. The highest BCUT2D eigenvalue weighted by molar-refractivity contribution is 6.02. The third kappa shape index (κ3) is 2.87. The topological polar surface area (TPSA) is 58.6 Å². The molecule has 1 aliphatic rings. The summed E-state index contributed by atoms with van der Waals surface area (Å²) in [4.78, 5) is 24.1. The van der Waals surface area contributed by atoms with E-state index in [0.29, 0.717) is 19.4 Å². The van der Waals surface area contributed by atoms with E-state index >= 15 is 0 Å². The Morgan fingerprint density at radius 2 is 2.00 bits per heavy atom. The average molecular weight is 248 g/mol. The summed E-state index contributed by atoms with van der Waals surface area (Å²) >= 11 is 0. The maximum absolute atomic E-state index is 11.4. The summed E-state index contributed by atoms with van der Waals surface area (Å²) in [5.41, 5.74) is 1.92.